The van der Waals surface area contributed by atoms with Gasteiger partial charge in [-0.1, -0.05) is 53.2 Å². The number of nitrogens with zero attached hydrogens (tertiary/aromatic N) is 3. The van der Waals surface area contributed by atoms with Crippen molar-refractivity contribution in [3.05, 3.63) is 71.4 Å². The van der Waals surface area contributed by atoms with Crippen molar-refractivity contribution in [3.63, 3.8) is 0 Å². The monoisotopic (exact) mass is 263 g/mol. The third kappa shape index (κ3) is 2.62. The van der Waals surface area contributed by atoms with Crippen molar-refractivity contribution >= 4 is 0 Å². The number of aryl methyl sites for hydroxylation is 2. The van der Waals surface area contributed by atoms with Crippen LogP contribution in [0.4, 0.5) is 0 Å². The third-order valence-corrected chi connectivity index (χ3v) is 3.40. The minimum atomic E-state index is 0.749. The van der Waals surface area contributed by atoms with Crippen LogP contribution < -0.4 is 0 Å². The Kier molecular flexibility index (Phi) is 3.33. The van der Waals surface area contributed by atoms with Crippen molar-refractivity contribution in [3.8, 4) is 11.3 Å². The van der Waals surface area contributed by atoms with Crippen LogP contribution in [0.5, 0.6) is 0 Å². The highest BCUT2D eigenvalue weighted by Gasteiger charge is 2.07. The molecule has 0 aliphatic heterocycles. The van der Waals surface area contributed by atoms with E-state index < -0.39 is 0 Å². The summed E-state index contributed by atoms with van der Waals surface area (Å²) in [4.78, 5) is 0. The summed E-state index contributed by atoms with van der Waals surface area (Å²) in [5.74, 6) is 0. The van der Waals surface area contributed by atoms with Crippen LogP contribution >= 0.6 is 0 Å². The second-order valence-corrected chi connectivity index (χ2v) is 5.11. The molecule has 0 saturated heterocycles. The highest BCUT2D eigenvalue weighted by atomic mass is 15.4. The van der Waals surface area contributed by atoms with Gasteiger partial charge in [0.05, 0.1) is 12.7 Å². The van der Waals surface area contributed by atoms with E-state index in [1.54, 1.807) is 0 Å². The predicted molar refractivity (Wildman–Crippen MR) is 80.5 cm³/mol. The molecule has 0 bridgehead atoms. The molecule has 3 aromatic rings. The van der Waals surface area contributed by atoms with Crippen LogP contribution in [0.1, 0.15) is 16.7 Å². The van der Waals surface area contributed by atoms with E-state index in [1.165, 1.54) is 16.7 Å². The van der Waals surface area contributed by atoms with Gasteiger partial charge in [0.15, 0.2) is 0 Å². The topological polar surface area (TPSA) is 30.7 Å². The molecule has 20 heavy (non-hydrogen) atoms. The Bertz CT molecular complexity index is 714. The quantitative estimate of drug-likeness (QED) is 0.722. The van der Waals surface area contributed by atoms with Gasteiger partial charge in [0, 0.05) is 5.56 Å². The fourth-order valence-corrected chi connectivity index (χ4v) is 2.28. The molecule has 3 nitrogen and oxygen atoms in total. The van der Waals surface area contributed by atoms with Gasteiger partial charge in [-0.05, 0) is 31.0 Å². The van der Waals surface area contributed by atoms with E-state index in [1.807, 2.05) is 29.1 Å². The Hall–Kier alpha value is -2.42. The maximum Gasteiger partial charge on any atom is 0.113 e. The molecule has 3 rings (SSSR count). The zero-order valence-electron chi connectivity index (χ0n) is 11.7. The summed E-state index contributed by atoms with van der Waals surface area (Å²) in [7, 11) is 0. The molecule has 0 aliphatic carbocycles. The molecule has 2 aromatic carbocycles. The van der Waals surface area contributed by atoms with Crippen molar-refractivity contribution < 1.29 is 0 Å². The largest absolute Gasteiger partial charge is 0.247 e. The first-order valence-corrected chi connectivity index (χ1v) is 6.74. The first-order chi connectivity index (χ1) is 9.72. The Balaban J connectivity index is 1.88. The molecular weight excluding hydrogens is 246 g/mol. The van der Waals surface area contributed by atoms with Gasteiger partial charge in [-0.2, -0.15) is 0 Å². The lowest BCUT2D eigenvalue weighted by Gasteiger charge is -2.03. The summed E-state index contributed by atoms with van der Waals surface area (Å²) in [6.07, 6.45) is 2.01. The molecule has 0 aliphatic rings. The SMILES string of the molecule is Cc1ccc(C)c(-c2cn(Cc3ccccc3)nn2)c1. The number of aromatic nitrogens is 3. The van der Waals surface area contributed by atoms with Gasteiger partial charge in [0.1, 0.15) is 5.69 Å². The summed E-state index contributed by atoms with van der Waals surface area (Å²) in [6, 6.07) is 16.7. The molecule has 100 valence electrons. The molecule has 0 amide bonds. The molecule has 0 fully saturated rings. The standard InChI is InChI=1S/C17H17N3/c1-13-8-9-14(2)16(10-13)17-12-20(19-18-17)11-15-6-4-3-5-7-15/h3-10,12H,11H2,1-2H3. The molecular formula is C17H17N3. The van der Waals surface area contributed by atoms with Gasteiger partial charge in [-0.15, -0.1) is 5.10 Å². The van der Waals surface area contributed by atoms with Crippen molar-refractivity contribution in [1.29, 1.82) is 0 Å². The number of hydrogen-bond acceptors (Lipinski definition) is 2. The number of rotatable bonds is 3. The lowest BCUT2D eigenvalue weighted by Crippen LogP contribution is -1.99. The van der Waals surface area contributed by atoms with Crippen LogP contribution in [0.3, 0.4) is 0 Å². The van der Waals surface area contributed by atoms with Crippen molar-refractivity contribution in [2.45, 2.75) is 20.4 Å². The summed E-state index contributed by atoms with van der Waals surface area (Å²) in [6.45, 7) is 4.95. The van der Waals surface area contributed by atoms with Crippen LogP contribution in [0.2, 0.25) is 0 Å². The number of hydrogen-bond donors (Lipinski definition) is 0. The average Bonchev–Trinajstić information content (AvgIpc) is 2.91. The Morgan fingerprint density at radius 2 is 1.80 bits per heavy atom. The van der Waals surface area contributed by atoms with Gasteiger partial charge in [-0.25, -0.2) is 4.68 Å². The molecule has 0 atom stereocenters. The summed E-state index contributed by atoms with van der Waals surface area (Å²) in [5.41, 5.74) is 5.78. The highest BCUT2D eigenvalue weighted by Crippen LogP contribution is 2.22. The Morgan fingerprint density at radius 1 is 1.00 bits per heavy atom. The van der Waals surface area contributed by atoms with E-state index in [9.17, 15) is 0 Å². The average molecular weight is 263 g/mol. The van der Waals surface area contributed by atoms with Crippen molar-refractivity contribution in [2.75, 3.05) is 0 Å². The minimum absolute atomic E-state index is 0.749. The summed E-state index contributed by atoms with van der Waals surface area (Å²) < 4.78 is 1.88. The fraction of sp³-hybridized carbons (Fsp3) is 0.176. The number of benzene rings is 2. The van der Waals surface area contributed by atoms with Gasteiger partial charge in [0.2, 0.25) is 0 Å². The Labute approximate surface area is 118 Å². The van der Waals surface area contributed by atoms with Crippen LogP contribution in [0, 0.1) is 13.8 Å². The molecule has 0 spiro atoms. The van der Waals surface area contributed by atoms with Gasteiger partial charge in [0.25, 0.3) is 0 Å². The molecule has 1 aromatic heterocycles. The van der Waals surface area contributed by atoms with E-state index in [0.29, 0.717) is 0 Å². The normalized spacial score (nSPS) is 10.7. The predicted octanol–water partition coefficient (Wildman–Crippen LogP) is 3.61. The zero-order valence-corrected chi connectivity index (χ0v) is 11.7. The molecule has 0 radical (unpaired) electrons. The second kappa shape index (κ2) is 5.29. The maximum atomic E-state index is 4.30. The van der Waals surface area contributed by atoms with Crippen LogP contribution in [0.25, 0.3) is 11.3 Å². The van der Waals surface area contributed by atoms with Crippen LogP contribution in [-0.4, -0.2) is 15.0 Å². The first-order valence-electron chi connectivity index (χ1n) is 6.74. The van der Waals surface area contributed by atoms with Crippen molar-refractivity contribution in [1.82, 2.24) is 15.0 Å². The summed E-state index contributed by atoms with van der Waals surface area (Å²) in [5, 5.41) is 8.52. The molecule has 3 heteroatoms. The van der Waals surface area contributed by atoms with Gasteiger partial charge >= 0.3 is 0 Å². The van der Waals surface area contributed by atoms with Crippen LogP contribution in [-0.2, 0) is 6.54 Å². The lowest BCUT2D eigenvalue weighted by molar-refractivity contribution is 0.650. The second-order valence-electron chi connectivity index (χ2n) is 5.11. The third-order valence-electron chi connectivity index (χ3n) is 3.40. The zero-order chi connectivity index (χ0) is 13.9. The fourth-order valence-electron chi connectivity index (χ4n) is 2.28. The molecule has 1 heterocycles. The maximum absolute atomic E-state index is 4.30. The summed E-state index contributed by atoms with van der Waals surface area (Å²) >= 11 is 0. The molecule has 0 N–H and O–H groups in total. The van der Waals surface area contributed by atoms with Gasteiger partial charge < -0.3 is 0 Å². The molecule has 0 saturated carbocycles. The Morgan fingerprint density at radius 3 is 2.60 bits per heavy atom. The van der Waals surface area contributed by atoms with Gasteiger partial charge in [-0.3, -0.25) is 0 Å². The van der Waals surface area contributed by atoms with E-state index in [2.05, 4.69) is 54.5 Å². The first kappa shape index (κ1) is 12.6. The lowest BCUT2D eigenvalue weighted by atomic mass is 10.0. The van der Waals surface area contributed by atoms with Crippen LogP contribution in [0.15, 0.2) is 54.7 Å². The van der Waals surface area contributed by atoms with Crippen molar-refractivity contribution in [2.24, 2.45) is 0 Å². The molecule has 0 unspecified atom stereocenters. The van der Waals surface area contributed by atoms with E-state index in [4.69, 9.17) is 0 Å². The van der Waals surface area contributed by atoms with E-state index in [-0.39, 0.29) is 0 Å². The van der Waals surface area contributed by atoms with E-state index in [0.717, 1.165) is 17.8 Å². The minimum Gasteiger partial charge on any atom is -0.247 e. The highest BCUT2D eigenvalue weighted by molar-refractivity contribution is 5.63. The van der Waals surface area contributed by atoms with E-state index >= 15 is 0 Å². The smallest absolute Gasteiger partial charge is 0.113 e.